The summed E-state index contributed by atoms with van der Waals surface area (Å²) in [7, 11) is 5.18. The van der Waals surface area contributed by atoms with Crippen molar-refractivity contribution in [1.29, 1.82) is 0 Å². The predicted octanol–water partition coefficient (Wildman–Crippen LogP) is 2.47. The molecule has 0 saturated carbocycles. The molecule has 4 heteroatoms. The van der Waals surface area contributed by atoms with Crippen molar-refractivity contribution in [1.82, 2.24) is 10.0 Å². The van der Waals surface area contributed by atoms with E-state index in [9.17, 15) is 9.90 Å². The van der Waals surface area contributed by atoms with Crippen LogP contribution in [0.2, 0.25) is 0 Å². The van der Waals surface area contributed by atoms with E-state index in [1.54, 1.807) is 50.4 Å². The minimum Gasteiger partial charge on any atom is -0.372 e. The highest BCUT2D eigenvalue weighted by Gasteiger charge is 2.42. The van der Waals surface area contributed by atoms with E-state index in [2.05, 4.69) is 0 Å². The fraction of sp³-hybridized carbons (Fsp3) is 0.316. The van der Waals surface area contributed by atoms with Crippen LogP contribution in [0.5, 0.6) is 0 Å². The lowest BCUT2D eigenvalue weighted by Crippen LogP contribution is -2.50. The second-order valence-corrected chi connectivity index (χ2v) is 6.12. The number of amides is 1. The van der Waals surface area contributed by atoms with Crippen LogP contribution in [-0.4, -0.2) is 42.2 Å². The summed E-state index contributed by atoms with van der Waals surface area (Å²) in [6.45, 7) is 3.95. The van der Waals surface area contributed by atoms with Crippen LogP contribution in [0.15, 0.2) is 48.5 Å². The molecule has 1 amide bonds. The van der Waals surface area contributed by atoms with Gasteiger partial charge in [-0.25, -0.2) is 5.01 Å². The molecule has 1 N–H and O–H groups in total. The molecule has 4 nitrogen and oxygen atoms in total. The van der Waals surface area contributed by atoms with Crippen LogP contribution in [-0.2, 0) is 10.4 Å². The Bertz CT molecular complexity index is 630. The van der Waals surface area contributed by atoms with E-state index >= 15 is 0 Å². The lowest BCUT2D eigenvalue weighted by Gasteiger charge is -2.35. The molecule has 0 atom stereocenters. The van der Waals surface area contributed by atoms with E-state index < -0.39 is 11.5 Å². The molecule has 0 spiro atoms. The van der Waals surface area contributed by atoms with Crippen LogP contribution in [0.3, 0.4) is 0 Å². The first-order valence-electron chi connectivity index (χ1n) is 7.59. The van der Waals surface area contributed by atoms with Gasteiger partial charge in [0.15, 0.2) is 5.60 Å². The molecule has 0 heterocycles. The third-order valence-electron chi connectivity index (χ3n) is 4.14. The summed E-state index contributed by atoms with van der Waals surface area (Å²) in [6.07, 6.45) is 0. The van der Waals surface area contributed by atoms with Crippen molar-refractivity contribution in [3.8, 4) is 0 Å². The molecular weight excluding hydrogens is 288 g/mol. The molecule has 0 aromatic heterocycles. The van der Waals surface area contributed by atoms with Crippen LogP contribution >= 0.6 is 0 Å². The highest BCUT2D eigenvalue weighted by Crippen LogP contribution is 2.32. The first-order valence-corrected chi connectivity index (χ1v) is 7.59. The maximum atomic E-state index is 13.0. The maximum Gasteiger partial charge on any atom is 0.277 e. The van der Waals surface area contributed by atoms with E-state index in [1.807, 2.05) is 38.1 Å². The van der Waals surface area contributed by atoms with Crippen molar-refractivity contribution in [2.45, 2.75) is 19.4 Å². The van der Waals surface area contributed by atoms with E-state index in [-0.39, 0.29) is 0 Å². The zero-order valence-electron chi connectivity index (χ0n) is 14.4. The van der Waals surface area contributed by atoms with Gasteiger partial charge >= 0.3 is 0 Å². The summed E-state index contributed by atoms with van der Waals surface area (Å²) in [5.41, 5.74) is 1.55. The van der Waals surface area contributed by atoms with Crippen molar-refractivity contribution in [3.63, 3.8) is 0 Å². The molecular formula is C19H24N2O2. The topological polar surface area (TPSA) is 43.8 Å². The molecule has 2 aromatic carbocycles. The van der Waals surface area contributed by atoms with E-state index in [0.29, 0.717) is 11.1 Å². The molecule has 0 bridgehead atoms. The van der Waals surface area contributed by atoms with Crippen LogP contribution in [0.25, 0.3) is 0 Å². The number of likely N-dealkylation sites (N-methyl/N-ethyl adjacent to an activating group) is 1. The number of hydrogen-bond acceptors (Lipinski definition) is 3. The summed E-state index contributed by atoms with van der Waals surface area (Å²) >= 11 is 0. The van der Waals surface area contributed by atoms with E-state index in [0.717, 1.165) is 11.1 Å². The smallest absolute Gasteiger partial charge is 0.277 e. The van der Waals surface area contributed by atoms with Crippen molar-refractivity contribution >= 4 is 5.91 Å². The molecule has 0 aliphatic rings. The van der Waals surface area contributed by atoms with Crippen LogP contribution < -0.4 is 0 Å². The number of aryl methyl sites for hydroxylation is 2. The van der Waals surface area contributed by atoms with Gasteiger partial charge < -0.3 is 5.11 Å². The number of aliphatic hydroxyl groups is 1. The van der Waals surface area contributed by atoms with Crippen LogP contribution in [0.1, 0.15) is 22.3 Å². The first-order chi connectivity index (χ1) is 10.8. The summed E-state index contributed by atoms with van der Waals surface area (Å²) in [5.74, 6) is -0.393. The number of rotatable bonds is 4. The minimum atomic E-state index is -1.72. The van der Waals surface area contributed by atoms with Gasteiger partial charge in [-0.3, -0.25) is 9.80 Å². The molecule has 23 heavy (non-hydrogen) atoms. The molecule has 0 saturated heterocycles. The summed E-state index contributed by atoms with van der Waals surface area (Å²) in [6, 6.07) is 14.8. The van der Waals surface area contributed by atoms with Gasteiger partial charge in [-0.2, -0.15) is 0 Å². The lowest BCUT2D eigenvalue weighted by atomic mass is 9.84. The first kappa shape index (κ1) is 17.2. The molecule has 0 aliphatic carbocycles. The Morgan fingerprint density at radius 3 is 1.48 bits per heavy atom. The monoisotopic (exact) mass is 312 g/mol. The van der Waals surface area contributed by atoms with Crippen molar-refractivity contribution in [3.05, 3.63) is 70.8 Å². The average molecular weight is 312 g/mol. The Morgan fingerprint density at radius 1 is 0.826 bits per heavy atom. The van der Waals surface area contributed by atoms with Crippen LogP contribution in [0.4, 0.5) is 0 Å². The van der Waals surface area contributed by atoms with Crippen LogP contribution in [0, 0.1) is 13.8 Å². The van der Waals surface area contributed by atoms with Gasteiger partial charge in [-0.1, -0.05) is 59.7 Å². The van der Waals surface area contributed by atoms with Gasteiger partial charge in [-0.15, -0.1) is 0 Å². The highest BCUT2D eigenvalue weighted by atomic mass is 16.3. The quantitative estimate of drug-likeness (QED) is 0.882. The van der Waals surface area contributed by atoms with Gasteiger partial charge in [0.2, 0.25) is 0 Å². The van der Waals surface area contributed by atoms with Gasteiger partial charge in [0.05, 0.1) is 0 Å². The third-order valence-corrected chi connectivity index (χ3v) is 4.14. The Kier molecular flexibility index (Phi) is 4.88. The Morgan fingerprint density at radius 2 is 1.17 bits per heavy atom. The van der Waals surface area contributed by atoms with Gasteiger partial charge in [0, 0.05) is 21.1 Å². The number of carbonyl (C=O) groups is 1. The molecule has 0 fully saturated rings. The number of carbonyl (C=O) groups excluding carboxylic acids is 1. The van der Waals surface area contributed by atoms with Gasteiger partial charge in [0.25, 0.3) is 5.91 Å². The standard InChI is InChI=1S/C19H24N2O2/c1-14-6-10-16(11-7-14)19(23,18(22)21(5)20(3)4)17-12-8-15(2)9-13-17/h6-13,23H,1-5H3. The van der Waals surface area contributed by atoms with E-state index in [1.165, 1.54) is 5.01 Å². The van der Waals surface area contributed by atoms with Crippen molar-refractivity contribution < 1.29 is 9.90 Å². The Labute approximate surface area is 137 Å². The SMILES string of the molecule is Cc1ccc(C(O)(C(=O)N(C)N(C)C)c2ccc(C)cc2)cc1. The van der Waals surface area contributed by atoms with Crippen molar-refractivity contribution in [2.24, 2.45) is 0 Å². The second-order valence-electron chi connectivity index (χ2n) is 6.12. The third kappa shape index (κ3) is 3.28. The van der Waals surface area contributed by atoms with Crippen molar-refractivity contribution in [2.75, 3.05) is 21.1 Å². The largest absolute Gasteiger partial charge is 0.372 e. The number of hydrogen-bond donors (Lipinski definition) is 1. The predicted molar refractivity (Wildman–Crippen MR) is 91.8 cm³/mol. The maximum absolute atomic E-state index is 13.0. The molecule has 0 aliphatic heterocycles. The lowest BCUT2D eigenvalue weighted by molar-refractivity contribution is -0.159. The molecule has 0 unspecified atom stereocenters. The molecule has 122 valence electrons. The summed E-state index contributed by atoms with van der Waals surface area (Å²) in [4.78, 5) is 13.0. The second kappa shape index (κ2) is 6.52. The Balaban J connectivity index is 2.61. The zero-order valence-corrected chi connectivity index (χ0v) is 14.4. The Hall–Kier alpha value is -2.17. The zero-order chi connectivity index (χ0) is 17.2. The summed E-state index contributed by atoms with van der Waals surface area (Å²) < 4.78 is 0. The highest BCUT2D eigenvalue weighted by molar-refractivity contribution is 5.89. The minimum absolute atomic E-state index is 0.393. The van der Waals surface area contributed by atoms with Gasteiger partial charge in [0.1, 0.15) is 0 Å². The molecule has 0 radical (unpaired) electrons. The van der Waals surface area contributed by atoms with E-state index in [4.69, 9.17) is 0 Å². The fourth-order valence-corrected chi connectivity index (χ4v) is 2.42. The molecule has 2 aromatic rings. The normalized spacial score (nSPS) is 11.6. The fourth-order valence-electron chi connectivity index (χ4n) is 2.42. The summed E-state index contributed by atoms with van der Waals surface area (Å²) in [5, 5.41) is 14.5. The van der Waals surface area contributed by atoms with Gasteiger partial charge in [-0.05, 0) is 25.0 Å². The average Bonchev–Trinajstić information content (AvgIpc) is 2.54. The number of hydrazine groups is 1. The number of nitrogens with zero attached hydrogens (tertiary/aromatic N) is 2. The molecule has 2 rings (SSSR count). The number of benzene rings is 2.